The molecular formula is C48H80N6O18S9. The van der Waals surface area contributed by atoms with Crippen molar-refractivity contribution in [3.63, 3.8) is 0 Å². The molecule has 6 heterocycles. The fourth-order valence-corrected chi connectivity index (χ4v) is 25.4. The normalized spacial score (nSPS) is 23.1. The summed E-state index contributed by atoms with van der Waals surface area (Å²) in [5.41, 5.74) is 0.614. The van der Waals surface area contributed by atoms with Crippen molar-refractivity contribution in [2.45, 2.75) is 133 Å². The van der Waals surface area contributed by atoms with Crippen LogP contribution in [0.2, 0.25) is 0 Å². The van der Waals surface area contributed by atoms with Crippen molar-refractivity contribution >= 4 is 93.6 Å². The fourth-order valence-electron chi connectivity index (χ4n) is 9.76. The topological polar surface area (TPSA) is 332 Å². The van der Waals surface area contributed by atoms with Gasteiger partial charge in [0.1, 0.15) is 25.3 Å². The molecule has 0 saturated carbocycles. The number of hydrogen-bond acceptors (Lipinski definition) is 24. The molecule has 3 aliphatic rings. The molecule has 0 saturated heterocycles. The first-order valence-corrected chi connectivity index (χ1v) is 38.3. The van der Waals surface area contributed by atoms with E-state index >= 15 is 0 Å². The molecule has 3 aliphatic heterocycles. The van der Waals surface area contributed by atoms with Crippen molar-refractivity contribution in [2.24, 2.45) is 5.92 Å². The van der Waals surface area contributed by atoms with Gasteiger partial charge in [0.15, 0.2) is 29.5 Å². The first kappa shape index (κ1) is 68.4. The molecule has 0 aliphatic carbocycles. The first-order chi connectivity index (χ1) is 38.0. The number of hydrogen-bond donors (Lipinski definition) is 6. The fraction of sp³-hybridized carbons (Fsp3) is 0.750. The second kappa shape index (κ2) is 28.9. The van der Waals surface area contributed by atoms with Crippen LogP contribution < -0.4 is 30.1 Å². The third-order valence-electron chi connectivity index (χ3n) is 13.9. The van der Waals surface area contributed by atoms with Gasteiger partial charge in [-0.15, -0.1) is 34.0 Å². The van der Waals surface area contributed by atoms with E-state index in [1.165, 1.54) is 18.2 Å². The Morgan fingerprint density at radius 2 is 0.889 bits per heavy atom. The maximum atomic E-state index is 13.5. The molecule has 0 spiro atoms. The van der Waals surface area contributed by atoms with Crippen molar-refractivity contribution in [2.75, 3.05) is 119 Å². The van der Waals surface area contributed by atoms with Gasteiger partial charge >= 0.3 is 0 Å². The predicted molar refractivity (Wildman–Crippen MR) is 309 cm³/mol. The van der Waals surface area contributed by atoms with Crippen molar-refractivity contribution < 1.29 is 78.9 Å². The zero-order chi connectivity index (χ0) is 59.7. The molecule has 3 aromatic heterocycles. The highest BCUT2D eigenvalue weighted by molar-refractivity contribution is 7.97. The van der Waals surface area contributed by atoms with E-state index in [0.717, 1.165) is 34.0 Å². The molecule has 24 nitrogen and oxygen atoms in total. The molecule has 6 rings (SSSR count). The van der Waals surface area contributed by atoms with Crippen LogP contribution in [0.5, 0.6) is 0 Å². The van der Waals surface area contributed by atoms with Crippen LogP contribution >= 0.6 is 34.0 Å². The van der Waals surface area contributed by atoms with E-state index in [4.69, 9.17) is 28.4 Å². The van der Waals surface area contributed by atoms with Crippen LogP contribution in [0, 0.1) is 5.92 Å². The summed E-state index contributed by atoms with van der Waals surface area (Å²) < 4.78 is 199. The second-order valence-electron chi connectivity index (χ2n) is 20.7. The Hall–Kier alpha value is -1.68. The van der Waals surface area contributed by atoms with Gasteiger partial charge in [-0.2, -0.15) is 0 Å². The molecule has 6 N–H and O–H groups in total. The highest BCUT2D eigenvalue weighted by atomic mass is 32.3. The third-order valence-corrected chi connectivity index (χ3v) is 31.7. The van der Waals surface area contributed by atoms with E-state index in [1.54, 1.807) is 27.7 Å². The average Bonchev–Trinajstić information content (AvgIpc) is 4.41. The molecule has 0 bridgehead atoms. The molecule has 0 unspecified atom stereocenters. The summed E-state index contributed by atoms with van der Waals surface area (Å²) in [5, 5.41) is 8.54. The quantitative estimate of drug-likeness (QED) is 0.0456. The predicted octanol–water partition coefficient (Wildman–Crippen LogP) is 3.04. The number of nitrogens with one attached hydrogen (secondary N) is 6. The number of thiophene rings is 3. The minimum Gasteiger partial charge on any atom is -0.379 e. The Kier molecular flexibility index (Phi) is 24.4. The molecule has 0 radical (unpaired) electrons. The van der Waals surface area contributed by atoms with E-state index in [0.29, 0.717) is 49.2 Å². The molecule has 33 heteroatoms. The first-order valence-electron chi connectivity index (χ1n) is 26.8. The van der Waals surface area contributed by atoms with Gasteiger partial charge in [0.05, 0.1) is 94.5 Å². The lowest BCUT2D eigenvalue weighted by atomic mass is 9.84. The van der Waals surface area contributed by atoms with Gasteiger partial charge in [-0.1, -0.05) is 20.8 Å². The average molecular weight is 1320 g/mol. The Morgan fingerprint density at radius 1 is 0.531 bits per heavy atom. The smallest absolute Gasteiger partial charge is 0.250 e. The summed E-state index contributed by atoms with van der Waals surface area (Å²) in [5.74, 6) is -0.304. The summed E-state index contributed by atoms with van der Waals surface area (Å²) >= 11 is 2.22. The van der Waals surface area contributed by atoms with E-state index < -0.39 is 80.4 Å². The van der Waals surface area contributed by atoms with E-state index in [9.17, 15) is 50.5 Å². The Balaban J connectivity index is 0.931. The van der Waals surface area contributed by atoms with E-state index in [2.05, 4.69) is 30.1 Å². The molecule has 0 fully saturated rings. The van der Waals surface area contributed by atoms with Crippen molar-refractivity contribution in [1.29, 1.82) is 0 Å². The van der Waals surface area contributed by atoms with Gasteiger partial charge in [0.2, 0.25) is 30.1 Å². The summed E-state index contributed by atoms with van der Waals surface area (Å²) in [7, 11) is -23.3. The van der Waals surface area contributed by atoms with E-state index in [-0.39, 0.29) is 149 Å². The number of fused-ring (bicyclic) bond motifs is 3. The SMILES string of the molecule is CCN[C@H]1C[C@H](C)S(=O)(=O)c2sc(S(=O)(=O)NCCOCCOCC(COCCOCCNS(=O)(=O)c3cc4c(s3)S(=O)(=O)[C@@H](C)C[C@@H]4NCC)COCCOCCNS(=O)(=O)c3cc4c(s3)S(=O)(=O)C(C)(C)C[C@]4(C)NCC)cc21. The van der Waals surface area contributed by atoms with Gasteiger partial charge in [-0.25, -0.2) is 64.7 Å². The van der Waals surface area contributed by atoms with Crippen molar-refractivity contribution in [3.8, 4) is 0 Å². The highest BCUT2D eigenvalue weighted by Gasteiger charge is 2.52. The van der Waals surface area contributed by atoms with Gasteiger partial charge in [-0.3, -0.25) is 0 Å². The van der Waals surface area contributed by atoms with Crippen LogP contribution in [0.25, 0.3) is 0 Å². The lowest BCUT2D eigenvalue weighted by Crippen LogP contribution is -2.51. The van der Waals surface area contributed by atoms with Crippen LogP contribution in [0.4, 0.5) is 0 Å². The lowest BCUT2D eigenvalue weighted by Gasteiger charge is -2.42. The van der Waals surface area contributed by atoms with Gasteiger partial charge in [0.25, 0.3) is 0 Å². The second-order valence-corrected chi connectivity index (χ2v) is 37.7. The Labute approximate surface area is 491 Å². The van der Waals surface area contributed by atoms with Crippen LogP contribution in [0.15, 0.2) is 43.5 Å². The molecule has 0 amide bonds. The molecule has 464 valence electrons. The largest absolute Gasteiger partial charge is 0.379 e. The molecule has 0 aromatic carbocycles. The van der Waals surface area contributed by atoms with E-state index in [1.807, 2.05) is 27.7 Å². The summed E-state index contributed by atoms with van der Waals surface area (Å²) in [4.78, 5) is 0. The van der Waals surface area contributed by atoms with Gasteiger partial charge in [-0.05, 0) is 91.7 Å². The van der Waals surface area contributed by atoms with Gasteiger partial charge < -0.3 is 44.4 Å². The van der Waals surface area contributed by atoms with Crippen LogP contribution in [0.1, 0.15) is 103 Å². The molecule has 5 atom stereocenters. The third kappa shape index (κ3) is 16.7. The number of rotatable bonds is 36. The maximum absolute atomic E-state index is 13.5. The number of sulfonamides is 3. The monoisotopic (exact) mass is 1320 g/mol. The van der Waals surface area contributed by atoms with Crippen LogP contribution in [0.3, 0.4) is 0 Å². The highest BCUT2D eigenvalue weighted by Crippen LogP contribution is 2.50. The summed E-state index contributed by atoms with van der Waals surface area (Å²) in [6.45, 7) is 16.9. The molecule has 3 aromatic rings. The lowest BCUT2D eigenvalue weighted by molar-refractivity contribution is -0.0361. The van der Waals surface area contributed by atoms with Crippen LogP contribution in [-0.2, 0) is 93.5 Å². The Bertz CT molecular complexity index is 3140. The Morgan fingerprint density at radius 3 is 1.26 bits per heavy atom. The molecular weight excluding hydrogens is 1240 g/mol. The summed E-state index contributed by atoms with van der Waals surface area (Å²) in [6, 6.07) is 3.73. The molecule has 81 heavy (non-hydrogen) atoms. The van der Waals surface area contributed by atoms with Crippen molar-refractivity contribution in [3.05, 3.63) is 34.9 Å². The number of ether oxygens (including phenoxy) is 6. The zero-order valence-corrected chi connectivity index (χ0v) is 54.3. The van der Waals surface area contributed by atoms with Gasteiger partial charge in [0, 0.05) is 59.9 Å². The minimum atomic E-state index is -4.07. The maximum Gasteiger partial charge on any atom is 0.250 e. The summed E-state index contributed by atoms with van der Waals surface area (Å²) in [6.07, 6.45) is 0.951. The standard InChI is InChI=1S/C48H80N6O18S9/c1-9-49-39-24-33(4)76(55,56)44-36(39)26-41(73-44)79(61,62)52-12-15-67-18-21-70-29-35(30-71-22-19-68-16-13-53-80(63,64)42-27-37-40(50-10-2)25-34(5)77(57,58)45(37)74-42)31-72-23-20-69-17-14-54-81(65,66)43-28-38-46(75-43)78(59,60)47(6,7)32-48(38,8)51-11-3/h26-28,33-35,39-40,49-54H,9-25,29-32H2,1-8H3/t33-,34-,39-,40-,48-/m0/s1. The number of sulfone groups is 3. The minimum absolute atomic E-state index is 0.000152. The van der Waals surface area contributed by atoms with Crippen molar-refractivity contribution in [1.82, 2.24) is 30.1 Å². The zero-order valence-electron chi connectivity index (χ0n) is 47.0. The van der Waals surface area contributed by atoms with Crippen LogP contribution in [-0.4, -0.2) is 184 Å².